The minimum absolute atomic E-state index is 0.0925. The third kappa shape index (κ3) is 3.56. The van der Waals surface area contributed by atoms with Gasteiger partial charge in [0.15, 0.2) is 0 Å². The maximum atomic E-state index is 12.7. The van der Waals surface area contributed by atoms with E-state index in [0.717, 1.165) is 44.3 Å². The molecule has 3 atom stereocenters. The summed E-state index contributed by atoms with van der Waals surface area (Å²) >= 11 is 0. The summed E-state index contributed by atoms with van der Waals surface area (Å²) in [5.74, 6) is 0.210. The van der Waals surface area contributed by atoms with Crippen LogP contribution in [0, 0.1) is 5.41 Å². The third-order valence-electron chi connectivity index (χ3n) is 5.48. The van der Waals surface area contributed by atoms with Gasteiger partial charge < -0.3 is 10.0 Å². The number of nitrogens with zero attached hydrogens (tertiary/aromatic N) is 3. The average molecular weight is 317 g/mol. The zero-order chi connectivity index (χ0) is 16.4. The lowest BCUT2D eigenvalue weighted by Gasteiger charge is -2.41. The molecule has 2 aliphatic rings. The molecule has 0 spiro atoms. The molecule has 5 heteroatoms. The van der Waals surface area contributed by atoms with Gasteiger partial charge in [-0.05, 0) is 49.8 Å². The fraction of sp³-hybridized carbons (Fsp3) is 0.667. The van der Waals surface area contributed by atoms with E-state index in [4.69, 9.17) is 0 Å². The highest BCUT2D eigenvalue weighted by molar-refractivity contribution is 5.79. The molecule has 23 heavy (non-hydrogen) atoms. The van der Waals surface area contributed by atoms with Crippen molar-refractivity contribution >= 4 is 5.91 Å². The Morgan fingerprint density at radius 2 is 2.35 bits per heavy atom. The highest BCUT2D eigenvalue weighted by Gasteiger charge is 2.48. The molecule has 0 bridgehead atoms. The Balaban J connectivity index is 1.58. The number of aromatic nitrogens is 1. The predicted molar refractivity (Wildman–Crippen MR) is 88.7 cm³/mol. The molecule has 1 saturated carbocycles. The summed E-state index contributed by atoms with van der Waals surface area (Å²) in [7, 11) is 1.98. The number of pyridine rings is 1. The van der Waals surface area contributed by atoms with Crippen LogP contribution in [0.15, 0.2) is 24.5 Å². The summed E-state index contributed by atoms with van der Waals surface area (Å²) in [6, 6.07) is 4.25. The van der Waals surface area contributed by atoms with E-state index in [1.807, 2.05) is 30.3 Å². The Hall–Kier alpha value is -1.46. The highest BCUT2D eigenvalue weighted by atomic mass is 16.3. The van der Waals surface area contributed by atoms with Crippen LogP contribution in [0.4, 0.5) is 0 Å². The van der Waals surface area contributed by atoms with Crippen molar-refractivity contribution in [1.29, 1.82) is 0 Å². The number of fused-ring (bicyclic) bond motifs is 1. The van der Waals surface area contributed by atoms with Crippen LogP contribution in [0.25, 0.3) is 0 Å². The quantitative estimate of drug-likeness (QED) is 0.918. The van der Waals surface area contributed by atoms with E-state index in [2.05, 4.69) is 16.8 Å². The summed E-state index contributed by atoms with van der Waals surface area (Å²) in [4.78, 5) is 21.0. The molecule has 1 amide bonds. The van der Waals surface area contributed by atoms with Gasteiger partial charge in [0, 0.05) is 31.5 Å². The number of carbonyl (C=O) groups is 1. The van der Waals surface area contributed by atoms with Gasteiger partial charge in [-0.15, -0.1) is 0 Å². The second-order valence-electron chi connectivity index (χ2n) is 7.48. The summed E-state index contributed by atoms with van der Waals surface area (Å²) in [6.07, 6.45) is 6.98. The third-order valence-corrected chi connectivity index (χ3v) is 5.48. The first kappa shape index (κ1) is 16.4. The van der Waals surface area contributed by atoms with E-state index < -0.39 is 0 Å². The SMILES string of the molecule is CN(CC(=O)N1CC[C@@]2(C)C[C@H](O)CC[C@@H]12)Cc1cccnc1. The molecular weight excluding hydrogens is 290 g/mol. The van der Waals surface area contributed by atoms with Crippen molar-refractivity contribution in [2.24, 2.45) is 5.41 Å². The Bertz CT molecular complexity index is 550. The average Bonchev–Trinajstić information content (AvgIpc) is 2.84. The zero-order valence-corrected chi connectivity index (χ0v) is 14.1. The normalized spacial score (nSPS) is 30.5. The van der Waals surface area contributed by atoms with E-state index in [9.17, 15) is 9.90 Å². The molecule has 3 rings (SSSR count). The summed E-state index contributed by atoms with van der Waals surface area (Å²) in [6.45, 7) is 4.22. The minimum Gasteiger partial charge on any atom is -0.393 e. The van der Waals surface area contributed by atoms with Crippen molar-refractivity contribution in [2.45, 2.75) is 51.3 Å². The molecule has 1 aliphatic carbocycles. The van der Waals surface area contributed by atoms with Crippen molar-refractivity contribution in [2.75, 3.05) is 20.1 Å². The first-order valence-electron chi connectivity index (χ1n) is 8.53. The lowest BCUT2D eigenvalue weighted by molar-refractivity contribution is -0.135. The molecule has 0 aromatic carbocycles. The monoisotopic (exact) mass is 317 g/mol. The number of aliphatic hydroxyl groups excluding tert-OH is 1. The van der Waals surface area contributed by atoms with Crippen molar-refractivity contribution < 1.29 is 9.90 Å². The molecule has 1 aromatic heterocycles. The van der Waals surface area contributed by atoms with Crippen LogP contribution in [0.2, 0.25) is 0 Å². The first-order chi connectivity index (χ1) is 11.0. The van der Waals surface area contributed by atoms with Crippen LogP contribution in [0.3, 0.4) is 0 Å². The second-order valence-corrected chi connectivity index (χ2v) is 7.48. The number of amides is 1. The number of rotatable bonds is 4. The Labute approximate surface area is 138 Å². The molecule has 1 saturated heterocycles. The van der Waals surface area contributed by atoms with Crippen LogP contribution >= 0.6 is 0 Å². The van der Waals surface area contributed by atoms with Crippen molar-refractivity contribution in [1.82, 2.24) is 14.8 Å². The van der Waals surface area contributed by atoms with Gasteiger partial charge in [0.2, 0.25) is 5.91 Å². The lowest BCUT2D eigenvalue weighted by atomic mass is 9.71. The van der Waals surface area contributed by atoms with Crippen molar-refractivity contribution in [3.05, 3.63) is 30.1 Å². The number of hydrogen-bond donors (Lipinski definition) is 1. The molecule has 0 unspecified atom stereocenters. The lowest BCUT2D eigenvalue weighted by Crippen LogP contribution is -2.48. The number of likely N-dealkylation sites (N-methyl/N-ethyl adjacent to an activating group) is 1. The van der Waals surface area contributed by atoms with E-state index >= 15 is 0 Å². The summed E-state index contributed by atoms with van der Waals surface area (Å²) in [5, 5.41) is 9.94. The first-order valence-corrected chi connectivity index (χ1v) is 8.53. The largest absolute Gasteiger partial charge is 0.393 e. The Morgan fingerprint density at radius 1 is 1.52 bits per heavy atom. The number of likely N-dealkylation sites (tertiary alicyclic amines) is 1. The molecular formula is C18H27N3O2. The number of hydrogen-bond acceptors (Lipinski definition) is 4. The molecule has 1 aliphatic heterocycles. The standard InChI is InChI=1S/C18H27N3O2/c1-18-7-9-21(16(18)6-5-15(22)10-18)17(23)13-20(2)12-14-4-3-8-19-11-14/h3-4,8,11,15-16,22H,5-7,9-10,12-13H2,1-2H3/t15-,16-,18+/m1/s1. The van der Waals surface area contributed by atoms with Crippen LogP contribution in [-0.2, 0) is 11.3 Å². The van der Waals surface area contributed by atoms with Gasteiger partial charge in [0.05, 0.1) is 12.6 Å². The van der Waals surface area contributed by atoms with Gasteiger partial charge >= 0.3 is 0 Å². The topological polar surface area (TPSA) is 56.7 Å². The Kier molecular flexibility index (Phi) is 4.69. The summed E-state index contributed by atoms with van der Waals surface area (Å²) in [5.41, 5.74) is 1.21. The van der Waals surface area contributed by atoms with Crippen LogP contribution < -0.4 is 0 Å². The molecule has 2 heterocycles. The van der Waals surface area contributed by atoms with Gasteiger partial charge in [-0.1, -0.05) is 13.0 Å². The van der Waals surface area contributed by atoms with Gasteiger partial charge in [-0.2, -0.15) is 0 Å². The Morgan fingerprint density at radius 3 is 3.09 bits per heavy atom. The van der Waals surface area contributed by atoms with Crippen molar-refractivity contribution in [3.8, 4) is 0 Å². The number of aliphatic hydroxyl groups is 1. The van der Waals surface area contributed by atoms with Crippen LogP contribution in [0.5, 0.6) is 0 Å². The predicted octanol–water partition coefficient (Wildman–Crippen LogP) is 1.67. The van der Waals surface area contributed by atoms with Crippen molar-refractivity contribution in [3.63, 3.8) is 0 Å². The van der Waals surface area contributed by atoms with Gasteiger partial charge in [-0.25, -0.2) is 0 Å². The van der Waals surface area contributed by atoms with E-state index in [1.54, 1.807) is 6.20 Å². The molecule has 2 fully saturated rings. The number of carbonyl (C=O) groups excluding carboxylic acids is 1. The van der Waals surface area contributed by atoms with Gasteiger partial charge in [-0.3, -0.25) is 14.7 Å². The maximum absolute atomic E-state index is 12.7. The summed E-state index contributed by atoms with van der Waals surface area (Å²) < 4.78 is 0. The van der Waals surface area contributed by atoms with Gasteiger partial charge in [0.25, 0.3) is 0 Å². The fourth-order valence-corrected chi connectivity index (χ4v) is 4.29. The minimum atomic E-state index is -0.195. The molecule has 5 nitrogen and oxygen atoms in total. The molecule has 0 radical (unpaired) electrons. The fourth-order valence-electron chi connectivity index (χ4n) is 4.29. The van der Waals surface area contributed by atoms with E-state index in [-0.39, 0.29) is 17.4 Å². The van der Waals surface area contributed by atoms with E-state index in [1.165, 1.54) is 0 Å². The highest BCUT2D eigenvalue weighted by Crippen LogP contribution is 2.46. The van der Waals surface area contributed by atoms with Crippen LogP contribution in [0.1, 0.15) is 38.2 Å². The molecule has 1 N–H and O–H groups in total. The van der Waals surface area contributed by atoms with Gasteiger partial charge in [0.1, 0.15) is 0 Å². The van der Waals surface area contributed by atoms with E-state index in [0.29, 0.717) is 12.6 Å². The van der Waals surface area contributed by atoms with Crippen LogP contribution in [-0.4, -0.2) is 58.1 Å². The maximum Gasteiger partial charge on any atom is 0.237 e. The molecule has 1 aromatic rings. The molecule has 126 valence electrons. The zero-order valence-electron chi connectivity index (χ0n) is 14.1. The second kappa shape index (κ2) is 6.57. The smallest absolute Gasteiger partial charge is 0.237 e.